The number of aliphatic hydroxyl groups excluding tert-OH is 2. The maximum Gasteiger partial charge on any atom is 0.237 e. The Morgan fingerprint density at radius 2 is 1.80 bits per heavy atom. The Kier molecular flexibility index (Phi) is 6.20. The summed E-state index contributed by atoms with van der Waals surface area (Å²) in [6.07, 6.45) is 2.30. The van der Waals surface area contributed by atoms with E-state index in [4.69, 9.17) is 4.74 Å². The highest BCUT2D eigenvalue weighted by Crippen LogP contribution is 2.22. The lowest BCUT2D eigenvalue weighted by Gasteiger charge is -2.37. The summed E-state index contributed by atoms with van der Waals surface area (Å²) in [6.45, 7) is 2.46. The van der Waals surface area contributed by atoms with Crippen LogP contribution in [0.1, 0.15) is 12.0 Å². The number of hydrogen-bond acceptors (Lipinski definition) is 5. The van der Waals surface area contributed by atoms with E-state index in [0.29, 0.717) is 26.2 Å². The predicted molar refractivity (Wildman–Crippen MR) is 94.9 cm³/mol. The van der Waals surface area contributed by atoms with Gasteiger partial charge in [0.25, 0.3) is 0 Å². The average Bonchev–Trinajstić information content (AvgIpc) is 2.68. The highest BCUT2D eigenvalue weighted by molar-refractivity contribution is 5.80. The summed E-state index contributed by atoms with van der Waals surface area (Å²) in [7, 11) is 0. The van der Waals surface area contributed by atoms with Crippen molar-refractivity contribution in [3.05, 3.63) is 42.0 Å². The van der Waals surface area contributed by atoms with Gasteiger partial charge in [-0.15, -0.1) is 0 Å². The van der Waals surface area contributed by atoms with Gasteiger partial charge in [-0.3, -0.25) is 9.69 Å². The lowest BCUT2D eigenvalue weighted by atomic mass is 9.99. The van der Waals surface area contributed by atoms with Crippen molar-refractivity contribution in [3.63, 3.8) is 0 Å². The number of nitrogens with zero attached hydrogens (tertiary/aromatic N) is 2. The van der Waals surface area contributed by atoms with Gasteiger partial charge in [0.2, 0.25) is 5.91 Å². The normalized spacial score (nSPS) is 24.9. The van der Waals surface area contributed by atoms with E-state index in [9.17, 15) is 15.0 Å². The molecule has 0 aromatic heterocycles. The number of rotatable bonds is 5. The number of carbonyl (C=O) groups is 1. The number of hydrogen-bond donors (Lipinski definition) is 2. The molecule has 2 aliphatic rings. The Morgan fingerprint density at radius 1 is 1.12 bits per heavy atom. The second-order valence-corrected chi connectivity index (χ2v) is 6.62. The summed E-state index contributed by atoms with van der Waals surface area (Å²) >= 11 is 0. The largest absolute Gasteiger partial charge is 0.394 e. The Bertz CT molecular complexity index is 593. The highest BCUT2D eigenvalue weighted by Gasteiger charge is 2.29. The van der Waals surface area contributed by atoms with Crippen LogP contribution in [0.4, 0.5) is 0 Å². The van der Waals surface area contributed by atoms with E-state index in [1.807, 2.05) is 28.0 Å². The standard InChI is InChI=1S/C19H26N2O4/c22-13-17-10-20(11-18(14-23)25-17)12-19(24)21-8-6-16(7-9-21)15-4-2-1-3-5-15/h1-6,17-18,22-23H,7-14H2/t17-,18+. The minimum Gasteiger partial charge on any atom is -0.394 e. The van der Waals surface area contributed by atoms with E-state index in [2.05, 4.69) is 18.2 Å². The van der Waals surface area contributed by atoms with E-state index in [0.717, 1.165) is 13.0 Å². The average molecular weight is 346 g/mol. The van der Waals surface area contributed by atoms with Gasteiger partial charge in [-0.1, -0.05) is 36.4 Å². The third-order valence-corrected chi connectivity index (χ3v) is 4.78. The predicted octanol–water partition coefficient (Wildman–Crippen LogP) is 0.356. The number of carbonyl (C=O) groups excluding carboxylic acids is 1. The molecule has 0 aliphatic carbocycles. The molecule has 1 fully saturated rings. The summed E-state index contributed by atoms with van der Waals surface area (Å²) in [6, 6.07) is 10.3. The van der Waals surface area contributed by atoms with E-state index in [1.165, 1.54) is 11.1 Å². The number of benzene rings is 1. The van der Waals surface area contributed by atoms with E-state index in [-0.39, 0.29) is 31.3 Å². The Balaban J connectivity index is 1.55. The first-order valence-corrected chi connectivity index (χ1v) is 8.81. The van der Waals surface area contributed by atoms with Crippen molar-refractivity contribution in [2.24, 2.45) is 0 Å². The van der Waals surface area contributed by atoms with Crippen LogP contribution >= 0.6 is 0 Å². The maximum atomic E-state index is 12.6. The maximum absolute atomic E-state index is 12.6. The number of aliphatic hydroxyl groups is 2. The molecular weight excluding hydrogens is 320 g/mol. The first-order chi connectivity index (χ1) is 12.2. The van der Waals surface area contributed by atoms with E-state index >= 15 is 0 Å². The molecule has 0 bridgehead atoms. The van der Waals surface area contributed by atoms with Gasteiger partial charge in [-0.2, -0.15) is 0 Å². The van der Waals surface area contributed by atoms with Gasteiger partial charge in [0.1, 0.15) is 0 Å². The molecule has 2 heterocycles. The summed E-state index contributed by atoms with van der Waals surface area (Å²) in [5.74, 6) is 0.0821. The first kappa shape index (κ1) is 18.1. The van der Waals surface area contributed by atoms with Crippen molar-refractivity contribution in [1.82, 2.24) is 9.80 Å². The number of morpholine rings is 1. The van der Waals surface area contributed by atoms with Gasteiger partial charge >= 0.3 is 0 Å². The van der Waals surface area contributed by atoms with Gasteiger partial charge in [-0.05, 0) is 17.6 Å². The zero-order chi connectivity index (χ0) is 17.6. The molecule has 1 aromatic carbocycles. The van der Waals surface area contributed by atoms with Gasteiger partial charge in [-0.25, -0.2) is 0 Å². The van der Waals surface area contributed by atoms with Crippen LogP contribution in [-0.2, 0) is 9.53 Å². The first-order valence-electron chi connectivity index (χ1n) is 8.81. The van der Waals surface area contributed by atoms with Gasteiger partial charge in [0.05, 0.1) is 32.0 Å². The molecule has 136 valence electrons. The SMILES string of the molecule is O=C(CN1C[C@@H](CO)O[C@@H](CO)C1)N1CC=C(c2ccccc2)CC1. The molecule has 0 radical (unpaired) electrons. The Labute approximate surface area is 148 Å². The molecule has 3 rings (SSSR count). The van der Waals surface area contributed by atoms with E-state index in [1.54, 1.807) is 0 Å². The van der Waals surface area contributed by atoms with Crippen LogP contribution in [-0.4, -0.2) is 84.1 Å². The minimum atomic E-state index is -0.343. The molecule has 1 amide bonds. The molecule has 0 saturated carbocycles. The molecule has 2 atom stereocenters. The fraction of sp³-hybridized carbons (Fsp3) is 0.526. The van der Waals surface area contributed by atoms with Crippen molar-refractivity contribution >= 4 is 11.5 Å². The van der Waals surface area contributed by atoms with Crippen molar-refractivity contribution in [2.75, 3.05) is 45.9 Å². The highest BCUT2D eigenvalue weighted by atomic mass is 16.5. The van der Waals surface area contributed by atoms with Crippen LogP contribution in [0.15, 0.2) is 36.4 Å². The molecular formula is C19H26N2O4. The van der Waals surface area contributed by atoms with Gasteiger partial charge in [0, 0.05) is 26.2 Å². The number of ether oxygens (including phenoxy) is 1. The Morgan fingerprint density at radius 3 is 2.36 bits per heavy atom. The van der Waals surface area contributed by atoms with Crippen molar-refractivity contribution in [3.8, 4) is 0 Å². The second kappa shape index (κ2) is 8.58. The summed E-state index contributed by atoms with van der Waals surface area (Å²) in [5.41, 5.74) is 2.51. The topological polar surface area (TPSA) is 73.2 Å². The van der Waals surface area contributed by atoms with Crippen LogP contribution in [0.5, 0.6) is 0 Å². The van der Waals surface area contributed by atoms with Crippen LogP contribution in [0.3, 0.4) is 0 Å². The fourth-order valence-corrected chi connectivity index (χ4v) is 3.44. The lowest BCUT2D eigenvalue weighted by molar-refractivity contribution is -0.141. The summed E-state index contributed by atoms with van der Waals surface area (Å²) in [5, 5.41) is 18.6. The molecule has 1 aromatic rings. The van der Waals surface area contributed by atoms with Crippen molar-refractivity contribution in [2.45, 2.75) is 18.6 Å². The lowest BCUT2D eigenvalue weighted by Crippen LogP contribution is -2.53. The molecule has 2 aliphatic heterocycles. The summed E-state index contributed by atoms with van der Waals surface area (Å²) in [4.78, 5) is 16.4. The summed E-state index contributed by atoms with van der Waals surface area (Å²) < 4.78 is 5.53. The molecule has 0 unspecified atom stereocenters. The molecule has 25 heavy (non-hydrogen) atoms. The van der Waals surface area contributed by atoms with Crippen LogP contribution < -0.4 is 0 Å². The van der Waals surface area contributed by atoms with Crippen LogP contribution in [0.2, 0.25) is 0 Å². The third-order valence-electron chi connectivity index (χ3n) is 4.78. The zero-order valence-corrected chi connectivity index (χ0v) is 14.4. The Hall–Kier alpha value is -1.73. The smallest absolute Gasteiger partial charge is 0.237 e. The quantitative estimate of drug-likeness (QED) is 0.805. The van der Waals surface area contributed by atoms with Crippen LogP contribution in [0.25, 0.3) is 5.57 Å². The van der Waals surface area contributed by atoms with Gasteiger partial charge in [0.15, 0.2) is 0 Å². The second-order valence-electron chi connectivity index (χ2n) is 6.62. The minimum absolute atomic E-state index is 0.0821. The van der Waals surface area contributed by atoms with E-state index < -0.39 is 0 Å². The van der Waals surface area contributed by atoms with Crippen molar-refractivity contribution in [1.29, 1.82) is 0 Å². The molecule has 0 spiro atoms. The molecule has 1 saturated heterocycles. The fourth-order valence-electron chi connectivity index (χ4n) is 3.44. The van der Waals surface area contributed by atoms with Gasteiger partial charge < -0.3 is 19.8 Å². The molecule has 6 heteroatoms. The molecule has 6 nitrogen and oxygen atoms in total. The molecule has 2 N–H and O–H groups in total. The third kappa shape index (κ3) is 4.67. The monoisotopic (exact) mass is 346 g/mol. The van der Waals surface area contributed by atoms with Crippen molar-refractivity contribution < 1.29 is 19.7 Å². The zero-order valence-electron chi connectivity index (χ0n) is 14.4. The van der Waals surface area contributed by atoms with Crippen LogP contribution in [0, 0.1) is 0 Å². The number of amides is 1.